The molecule has 17 heavy (non-hydrogen) atoms. The first-order chi connectivity index (χ1) is 8.11. The summed E-state index contributed by atoms with van der Waals surface area (Å²) in [5, 5.41) is 11.4. The fraction of sp³-hybridized carbons (Fsp3) is 0.455. The second-order valence-electron chi connectivity index (χ2n) is 4.37. The third-order valence-corrected chi connectivity index (χ3v) is 3.27. The third kappa shape index (κ3) is 1.40. The van der Waals surface area contributed by atoms with Crippen molar-refractivity contribution in [1.82, 2.24) is 0 Å². The van der Waals surface area contributed by atoms with Gasteiger partial charge in [-0.3, -0.25) is 10.1 Å². The molecular formula is C11H11NO5. The van der Waals surface area contributed by atoms with Gasteiger partial charge >= 0.3 is 5.97 Å². The maximum absolute atomic E-state index is 11.9. The van der Waals surface area contributed by atoms with Gasteiger partial charge in [0.2, 0.25) is 11.6 Å². The van der Waals surface area contributed by atoms with Crippen molar-refractivity contribution in [1.29, 1.82) is 0 Å². The van der Waals surface area contributed by atoms with Crippen LogP contribution in [-0.2, 0) is 4.79 Å². The van der Waals surface area contributed by atoms with E-state index in [9.17, 15) is 9.59 Å². The molecule has 1 saturated carbocycles. The number of furan rings is 1. The van der Waals surface area contributed by atoms with E-state index in [0.29, 0.717) is 18.6 Å². The third-order valence-electron chi connectivity index (χ3n) is 3.27. The minimum atomic E-state index is -1.18. The molecule has 0 atom stereocenters. The van der Waals surface area contributed by atoms with Gasteiger partial charge in [0.1, 0.15) is 0 Å². The van der Waals surface area contributed by atoms with E-state index < -0.39 is 11.6 Å². The molecule has 90 valence electrons. The van der Waals surface area contributed by atoms with E-state index in [1.165, 1.54) is 6.07 Å². The second-order valence-corrected chi connectivity index (χ2v) is 4.37. The number of amides is 1. The van der Waals surface area contributed by atoms with Gasteiger partial charge in [-0.2, -0.15) is 0 Å². The molecule has 2 heterocycles. The molecule has 0 unspecified atom stereocenters. The first-order valence-electron chi connectivity index (χ1n) is 5.48. The molecule has 0 aromatic carbocycles. The molecule has 1 aromatic rings. The summed E-state index contributed by atoms with van der Waals surface area (Å²) < 4.78 is 10.6. The first kappa shape index (κ1) is 10.2. The standard InChI is InChI=1S/C11H11NO5/c13-9(14)7-5-6-8(16-7)12-10(15)11(17-6)3-1-2-4-11/h5H,1-4H2,(H,12,15)(H,13,14). The zero-order valence-corrected chi connectivity index (χ0v) is 8.99. The minimum absolute atomic E-state index is 0.0879. The van der Waals surface area contributed by atoms with Crippen LogP contribution in [-0.4, -0.2) is 22.6 Å². The zero-order chi connectivity index (χ0) is 12.0. The van der Waals surface area contributed by atoms with E-state index in [0.717, 1.165) is 12.8 Å². The number of rotatable bonds is 1. The van der Waals surface area contributed by atoms with Gasteiger partial charge in [-0.25, -0.2) is 4.79 Å². The highest BCUT2D eigenvalue weighted by atomic mass is 16.5. The van der Waals surface area contributed by atoms with Crippen molar-refractivity contribution in [3.8, 4) is 5.75 Å². The number of carboxylic acid groups (broad SMARTS) is 1. The largest absolute Gasteiger partial charge is 0.475 e. The summed E-state index contributed by atoms with van der Waals surface area (Å²) >= 11 is 0. The Hall–Kier alpha value is -1.98. The number of carbonyl (C=O) groups excluding carboxylic acids is 1. The Morgan fingerprint density at radius 2 is 2.12 bits per heavy atom. The Kier molecular flexibility index (Phi) is 1.95. The Balaban J connectivity index is 1.99. The van der Waals surface area contributed by atoms with E-state index in [2.05, 4.69) is 5.32 Å². The lowest BCUT2D eigenvalue weighted by molar-refractivity contribution is -0.132. The van der Waals surface area contributed by atoms with Crippen LogP contribution in [0.5, 0.6) is 5.75 Å². The van der Waals surface area contributed by atoms with Crippen molar-refractivity contribution >= 4 is 17.8 Å². The van der Waals surface area contributed by atoms with Crippen LogP contribution in [0.1, 0.15) is 36.2 Å². The number of fused-ring (bicyclic) bond motifs is 1. The Bertz CT molecular complexity index is 498. The molecule has 1 amide bonds. The van der Waals surface area contributed by atoms with Gasteiger partial charge in [0.05, 0.1) is 0 Å². The van der Waals surface area contributed by atoms with Crippen molar-refractivity contribution < 1.29 is 23.8 Å². The molecule has 6 heteroatoms. The van der Waals surface area contributed by atoms with Crippen molar-refractivity contribution in [2.75, 3.05) is 5.32 Å². The number of nitrogens with one attached hydrogen (secondary N) is 1. The maximum Gasteiger partial charge on any atom is 0.372 e. The average Bonchev–Trinajstić information content (AvgIpc) is 2.87. The van der Waals surface area contributed by atoms with E-state index >= 15 is 0 Å². The highest BCUT2D eigenvalue weighted by molar-refractivity contribution is 6.00. The summed E-state index contributed by atoms with van der Waals surface area (Å²) in [6, 6.07) is 1.30. The summed E-state index contributed by atoms with van der Waals surface area (Å²) in [5.41, 5.74) is -0.827. The Labute approximate surface area is 96.5 Å². The molecule has 2 N–H and O–H groups in total. The lowest BCUT2D eigenvalue weighted by Gasteiger charge is -2.31. The predicted octanol–water partition coefficient (Wildman–Crippen LogP) is 1.62. The topological polar surface area (TPSA) is 88.8 Å². The summed E-state index contributed by atoms with van der Waals surface area (Å²) in [6.07, 6.45) is 3.19. The smallest absolute Gasteiger partial charge is 0.372 e. The monoisotopic (exact) mass is 237 g/mol. The van der Waals surface area contributed by atoms with Gasteiger partial charge in [-0.15, -0.1) is 0 Å². The zero-order valence-electron chi connectivity index (χ0n) is 8.99. The van der Waals surface area contributed by atoms with Crippen molar-refractivity contribution in [2.24, 2.45) is 0 Å². The van der Waals surface area contributed by atoms with Crippen molar-refractivity contribution in [2.45, 2.75) is 31.3 Å². The van der Waals surface area contributed by atoms with Crippen molar-refractivity contribution in [3.05, 3.63) is 11.8 Å². The van der Waals surface area contributed by atoms with Crippen LogP contribution in [0.15, 0.2) is 10.5 Å². The lowest BCUT2D eigenvalue weighted by Crippen LogP contribution is -2.48. The number of anilines is 1. The number of hydrogen-bond acceptors (Lipinski definition) is 4. The summed E-state index contributed by atoms with van der Waals surface area (Å²) in [5.74, 6) is -1.26. The first-order valence-corrected chi connectivity index (χ1v) is 5.48. The van der Waals surface area contributed by atoms with Crippen LogP contribution in [0.3, 0.4) is 0 Å². The highest BCUT2D eigenvalue weighted by Gasteiger charge is 2.48. The predicted molar refractivity (Wildman–Crippen MR) is 56.1 cm³/mol. The maximum atomic E-state index is 11.9. The van der Waals surface area contributed by atoms with Gasteiger partial charge in [-0.05, 0) is 25.7 Å². The number of hydrogen-bond donors (Lipinski definition) is 2. The minimum Gasteiger partial charge on any atom is -0.475 e. The van der Waals surface area contributed by atoms with E-state index in [1.54, 1.807) is 0 Å². The van der Waals surface area contributed by atoms with Gasteiger partial charge in [0, 0.05) is 6.07 Å². The average molecular weight is 237 g/mol. The van der Waals surface area contributed by atoms with Crippen LogP contribution < -0.4 is 10.1 Å². The fourth-order valence-electron chi connectivity index (χ4n) is 2.39. The van der Waals surface area contributed by atoms with Crippen LogP contribution in [0.2, 0.25) is 0 Å². The molecule has 0 bridgehead atoms. The molecular weight excluding hydrogens is 226 g/mol. The summed E-state index contributed by atoms with van der Waals surface area (Å²) in [7, 11) is 0. The highest BCUT2D eigenvalue weighted by Crippen LogP contribution is 2.43. The van der Waals surface area contributed by atoms with Gasteiger partial charge in [0.25, 0.3) is 5.91 Å². The normalized spacial score (nSPS) is 20.8. The van der Waals surface area contributed by atoms with E-state index in [1.807, 2.05) is 0 Å². The molecule has 1 aromatic heterocycles. The molecule has 0 radical (unpaired) electrons. The molecule has 2 aliphatic rings. The molecule has 0 saturated heterocycles. The van der Waals surface area contributed by atoms with Crippen LogP contribution in [0, 0.1) is 0 Å². The van der Waals surface area contributed by atoms with E-state index in [-0.39, 0.29) is 17.6 Å². The molecule has 6 nitrogen and oxygen atoms in total. The molecule has 1 aliphatic carbocycles. The number of carboxylic acids is 1. The van der Waals surface area contributed by atoms with Crippen LogP contribution >= 0.6 is 0 Å². The number of ether oxygens (including phenoxy) is 1. The van der Waals surface area contributed by atoms with Crippen LogP contribution in [0.25, 0.3) is 0 Å². The Morgan fingerprint density at radius 3 is 2.76 bits per heavy atom. The molecule has 1 aliphatic heterocycles. The molecule has 1 fully saturated rings. The quantitative estimate of drug-likeness (QED) is 0.774. The van der Waals surface area contributed by atoms with Gasteiger partial charge < -0.3 is 14.3 Å². The van der Waals surface area contributed by atoms with E-state index in [4.69, 9.17) is 14.3 Å². The Morgan fingerprint density at radius 1 is 1.41 bits per heavy atom. The second kappa shape index (κ2) is 3.26. The molecule has 3 rings (SSSR count). The SMILES string of the molecule is O=C(O)c1cc2c(o1)NC(=O)C1(CCCC1)O2. The number of aromatic carboxylic acids is 1. The van der Waals surface area contributed by atoms with Gasteiger partial charge in [0.15, 0.2) is 11.4 Å². The number of carbonyl (C=O) groups is 2. The fourth-order valence-corrected chi connectivity index (χ4v) is 2.39. The molecule has 1 spiro atoms. The van der Waals surface area contributed by atoms with Crippen LogP contribution in [0.4, 0.5) is 5.88 Å². The lowest BCUT2D eigenvalue weighted by atomic mass is 10.00. The van der Waals surface area contributed by atoms with Gasteiger partial charge in [-0.1, -0.05) is 0 Å². The summed E-state index contributed by atoms with van der Waals surface area (Å²) in [6.45, 7) is 0. The van der Waals surface area contributed by atoms with Crippen molar-refractivity contribution in [3.63, 3.8) is 0 Å². The summed E-state index contributed by atoms with van der Waals surface area (Å²) in [4.78, 5) is 22.7.